The molecule has 0 unspecified atom stereocenters. The summed E-state index contributed by atoms with van der Waals surface area (Å²) in [6, 6.07) is 16.0. The van der Waals surface area contributed by atoms with E-state index < -0.39 is 0 Å². The van der Waals surface area contributed by atoms with Gasteiger partial charge in [0.15, 0.2) is 0 Å². The minimum Gasteiger partial charge on any atom is -0.379 e. The summed E-state index contributed by atoms with van der Waals surface area (Å²) in [4.78, 5) is 4.43. The zero-order valence-electron chi connectivity index (χ0n) is 10.6. The van der Waals surface area contributed by atoms with Crippen molar-refractivity contribution in [3.63, 3.8) is 0 Å². The quantitative estimate of drug-likeness (QED) is 0.699. The third-order valence-corrected chi connectivity index (χ3v) is 3.96. The maximum atomic E-state index is 6.23. The largest absolute Gasteiger partial charge is 0.379 e. The van der Waals surface area contributed by atoms with E-state index in [9.17, 15) is 0 Å². The Morgan fingerprint density at radius 1 is 1.10 bits per heavy atom. The van der Waals surface area contributed by atoms with Crippen LogP contribution in [0, 0.1) is 0 Å². The van der Waals surface area contributed by atoms with Gasteiger partial charge in [-0.25, -0.2) is 0 Å². The Morgan fingerprint density at radius 2 is 1.95 bits per heavy atom. The zero-order valence-corrected chi connectivity index (χ0v) is 12.9. The third-order valence-electron chi connectivity index (χ3n) is 3.12. The van der Waals surface area contributed by atoms with Crippen LogP contribution < -0.4 is 5.32 Å². The molecule has 1 N–H and O–H groups in total. The standard InChI is InChI=1S/C16H12BrClN2/c17-13-7-6-12(14(18)9-13)10-20-15-5-1-3-11-4-2-8-19-16(11)15/h1-9,20H,10H2. The Bertz CT molecular complexity index is 753. The predicted octanol–water partition coefficient (Wildman–Crippen LogP) is 5.26. The fourth-order valence-electron chi connectivity index (χ4n) is 2.10. The molecule has 0 radical (unpaired) electrons. The van der Waals surface area contributed by atoms with Crippen LogP contribution in [0.5, 0.6) is 0 Å². The van der Waals surface area contributed by atoms with Gasteiger partial charge in [-0.3, -0.25) is 4.98 Å². The molecule has 0 atom stereocenters. The first-order chi connectivity index (χ1) is 9.74. The average molecular weight is 348 g/mol. The van der Waals surface area contributed by atoms with Gasteiger partial charge in [0.05, 0.1) is 11.2 Å². The molecule has 0 aliphatic rings. The first kappa shape index (κ1) is 13.4. The van der Waals surface area contributed by atoms with Crippen LogP contribution in [-0.4, -0.2) is 4.98 Å². The molecular weight excluding hydrogens is 336 g/mol. The lowest BCUT2D eigenvalue weighted by atomic mass is 10.1. The van der Waals surface area contributed by atoms with Crippen molar-refractivity contribution in [2.24, 2.45) is 0 Å². The van der Waals surface area contributed by atoms with Gasteiger partial charge in [-0.2, -0.15) is 0 Å². The van der Waals surface area contributed by atoms with Crippen LogP contribution in [0.1, 0.15) is 5.56 Å². The van der Waals surface area contributed by atoms with Crippen LogP contribution in [0.3, 0.4) is 0 Å². The molecule has 0 bridgehead atoms. The lowest BCUT2D eigenvalue weighted by Crippen LogP contribution is -2.01. The molecule has 4 heteroatoms. The number of hydrogen-bond donors (Lipinski definition) is 1. The van der Waals surface area contributed by atoms with E-state index in [4.69, 9.17) is 11.6 Å². The van der Waals surface area contributed by atoms with E-state index in [0.29, 0.717) is 6.54 Å². The Labute approximate surface area is 130 Å². The highest BCUT2D eigenvalue weighted by Crippen LogP contribution is 2.24. The van der Waals surface area contributed by atoms with Crippen molar-refractivity contribution in [3.8, 4) is 0 Å². The second-order valence-electron chi connectivity index (χ2n) is 4.47. The van der Waals surface area contributed by atoms with Crippen LogP contribution in [-0.2, 0) is 6.54 Å². The molecule has 0 amide bonds. The van der Waals surface area contributed by atoms with Crippen LogP contribution in [0.25, 0.3) is 10.9 Å². The summed E-state index contributed by atoms with van der Waals surface area (Å²) in [6.45, 7) is 0.668. The summed E-state index contributed by atoms with van der Waals surface area (Å²) in [5, 5.41) is 5.28. The monoisotopic (exact) mass is 346 g/mol. The number of nitrogens with zero attached hydrogens (tertiary/aromatic N) is 1. The molecule has 0 aliphatic carbocycles. The molecule has 0 saturated heterocycles. The van der Waals surface area contributed by atoms with E-state index >= 15 is 0 Å². The number of nitrogens with one attached hydrogen (secondary N) is 1. The molecule has 100 valence electrons. The topological polar surface area (TPSA) is 24.9 Å². The molecule has 2 nitrogen and oxygen atoms in total. The molecule has 3 rings (SSSR count). The number of fused-ring (bicyclic) bond motifs is 1. The molecule has 0 saturated carbocycles. The zero-order chi connectivity index (χ0) is 13.9. The maximum absolute atomic E-state index is 6.23. The lowest BCUT2D eigenvalue weighted by Gasteiger charge is -2.10. The van der Waals surface area contributed by atoms with Gasteiger partial charge in [0.25, 0.3) is 0 Å². The van der Waals surface area contributed by atoms with Gasteiger partial charge >= 0.3 is 0 Å². The van der Waals surface area contributed by atoms with Crippen LogP contribution >= 0.6 is 27.5 Å². The Balaban J connectivity index is 1.87. The number of pyridine rings is 1. The molecule has 2 aromatic carbocycles. The number of hydrogen-bond acceptors (Lipinski definition) is 2. The molecular formula is C16H12BrClN2. The summed E-state index contributed by atoms with van der Waals surface area (Å²) in [5.41, 5.74) is 3.05. The minimum atomic E-state index is 0.668. The van der Waals surface area contributed by atoms with Crippen molar-refractivity contribution in [1.82, 2.24) is 4.98 Å². The molecule has 0 aliphatic heterocycles. The normalized spacial score (nSPS) is 10.7. The molecule has 1 heterocycles. The first-order valence-corrected chi connectivity index (χ1v) is 7.43. The van der Waals surface area contributed by atoms with Gasteiger partial charge in [-0.15, -0.1) is 0 Å². The van der Waals surface area contributed by atoms with E-state index in [1.54, 1.807) is 6.20 Å². The number of halogens is 2. The van der Waals surface area contributed by atoms with Crippen molar-refractivity contribution in [3.05, 3.63) is 69.8 Å². The summed E-state index contributed by atoms with van der Waals surface area (Å²) >= 11 is 9.64. The summed E-state index contributed by atoms with van der Waals surface area (Å²) < 4.78 is 0.984. The molecule has 3 aromatic rings. The number of aromatic nitrogens is 1. The number of para-hydroxylation sites is 1. The van der Waals surface area contributed by atoms with Gasteiger partial charge in [-0.05, 0) is 29.8 Å². The van der Waals surface area contributed by atoms with Gasteiger partial charge in [0.1, 0.15) is 0 Å². The fraction of sp³-hybridized carbons (Fsp3) is 0.0625. The SMILES string of the molecule is Clc1cc(Br)ccc1CNc1cccc2cccnc12. The molecule has 20 heavy (non-hydrogen) atoms. The number of anilines is 1. The Morgan fingerprint density at radius 3 is 2.80 bits per heavy atom. The van der Waals surface area contributed by atoms with Gasteiger partial charge < -0.3 is 5.32 Å². The summed E-state index contributed by atoms with van der Waals surface area (Å²) in [5.74, 6) is 0. The van der Waals surface area contributed by atoms with E-state index in [-0.39, 0.29) is 0 Å². The highest BCUT2D eigenvalue weighted by atomic mass is 79.9. The second-order valence-corrected chi connectivity index (χ2v) is 5.79. The van der Waals surface area contributed by atoms with Crippen molar-refractivity contribution in [2.75, 3.05) is 5.32 Å². The summed E-state index contributed by atoms with van der Waals surface area (Å²) in [7, 11) is 0. The third kappa shape index (κ3) is 2.79. The first-order valence-electron chi connectivity index (χ1n) is 6.25. The van der Waals surface area contributed by atoms with E-state index in [2.05, 4.69) is 38.4 Å². The molecule has 0 spiro atoms. The predicted molar refractivity (Wildman–Crippen MR) is 88.2 cm³/mol. The number of benzene rings is 2. The van der Waals surface area contributed by atoms with Crippen molar-refractivity contribution in [1.29, 1.82) is 0 Å². The lowest BCUT2D eigenvalue weighted by molar-refractivity contribution is 1.15. The van der Waals surface area contributed by atoms with Crippen LogP contribution in [0.15, 0.2) is 59.2 Å². The van der Waals surface area contributed by atoms with E-state index in [1.165, 1.54) is 0 Å². The second kappa shape index (κ2) is 5.81. The Hall–Kier alpha value is -1.58. The molecule has 1 aromatic heterocycles. The van der Waals surface area contributed by atoms with Gasteiger partial charge in [-0.1, -0.05) is 51.8 Å². The summed E-state index contributed by atoms with van der Waals surface area (Å²) in [6.07, 6.45) is 1.81. The maximum Gasteiger partial charge on any atom is 0.0933 e. The van der Waals surface area contributed by atoms with Crippen LogP contribution in [0.2, 0.25) is 5.02 Å². The smallest absolute Gasteiger partial charge is 0.0933 e. The van der Waals surface area contributed by atoms with Crippen molar-refractivity contribution in [2.45, 2.75) is 6.54 Å². The van der Waals surface area contributed by atoms with Crippen LogP contribution in [0.4, 0.5) is 5.69 Å². The van der Waals surface area contributed by atoms with E-state index in [1.807, 2.05) is 36.4 Å². The minimum absolute atomic E-state index is 0.668. The highest BCUT2D eigenvalue weighted by molar-refractivity contribution is 9.10. The van der Waals surface area contributed by atoms with Crippen molar-refractivity contribution >= 4 is 44.1 Å². The average Bonchev–Trinajstić information content (AvgIpc) is 2.46. The van der Waals surface area contributed by atoms with Gasteiger partial charge in [0.2, 0.25) is 0 Å². The molecule has 0 fully saturated rings. The van der Waals surface area contributed by atoms with Crippen molar-refractivity contribution < 1.29 is 0 Å². The number of rotatable bonds is 3. The Kier molecular flexibility index (Phi) is 3.90. The van der Waals surface area contributed by atoms with E-state index in [0.717, 1.165) is 31.6 Å². The highest BCUT2D eigenvalue weighted by Gasteiger charge is 2.04. The fourth-order valence-corrected chi connectivity index (χ4v) is 2.84. The van der Waals surface area contributed by atoms with Gasteiger partial charge in [0, 0.05) is 27.6 Å².